The molecule has 0 bridgehead atoms. The zero-order valence-corrected chi connectivity index (χ0v) is 8.05. The summed E-state index contributed by atoms with van der Waals surface area (Å²) in [5.41, 5.74) is 1.13. The van der Waals surface area contributed by atoms with Crippen LogP contribution in [0, 0.1) is 0 Å². The van der Waals surface area contributed by atoms with Gasteiger partial charge in [0.05, 0.1) is 0 Å². The largest absolute Gasteiger partial charge is 0.872 e. The maximum atomic E-state index is 11.2. The van der Waals surface area contributed by atoms with Gasteiger partial charge in [0.15, 0.2) is 12.4 Å². The lowest BCUT2D eigenvalue weighted by Crippen LogP contribution is -2.19. The Kier molecular flexibility index (Phi) is 1.62. The molecule has 3 aromatic rings. The van der Waals surface area contributed by atoms with Crippen molar-refractivity contribution in [1.29, 1.82) is 0 Å². The predicted octanol–water partition coefficient (Wildman–Crippen LogP) is 1.65. The second-order valence-electron chi connectivity index (χ2n) is 3.60. The van der Waals surface area contributed by atoms with Crippen LogP contribution in [0.1, 0.15) is 0 Å². The van der Waals surface area contributed by atoms with E-state index in [0.29, 0.717) is 0 Å². The zero-order chi connectivity index (χ0) is 10.3. The first-order valence-corrected chi connectivity index (χ1v) is 4.84. The second kappa shape index (κ2) is 2.95. The molecule has 0 saturated heterocycles. The van der Waals surface area contributed by atoms with Gasteiger partial charge in [0.1, 0.15) is 0 Å². The zero-order valence-electron chi connectivity index (χ0n) is 8.05. The van der Waals surface area contributed by atoms with Crippen molar-refractivity contribution in [3.05, 3.63) is 54.9 Å². The minimum absolute atomic E-state index is 0.0541. The highest BCUT2D eigenvalue weighted by atomic mass is 16.3. The third-order valence-corrected chi connectivity index (χ3v) is 2.56. The van der Waals surface area contributed by atoms with Crippen molar-refractivity contribution in [2.75, 3.05) is 0 Å². The van der Waals surface area contributed by atoms with Crippen molar-refractivity contribution < 1.29 is 9.51 Å². The maximum absolute atomic E-state index is 11.2. The van der Waals surface area contributed by atoms with Crippen LogP contribution in [0.15, 0.2) is 54.9 Å². The molecule has 3 rings (SSSR count). The van der Waals surface area contributed by atoms with Crippen LogP contribution in [-0.2, 0) is 0 Å². The summed E-state index contributed by atoms with van der Waals surface area (Å²) >= 11 is 0. The molecule has 0 N–H and O–H groups in total. The van der Waals surface area contributed by atoms with E-state index in [4.69, 9.17) is 0 Å². The van der Waals surface area contributed by atoms with E-state index < -0.39 is 0 Å². The van der Waals surface area contributed by atoms with Crippen molar-refractivity contribution in [3.8, 4) is 5.75 Å². The molecule has 0 aliphatic heterocycles. The first-order chi connectivity index (χ1) is 7.33. The van der Waals surface area contributed by atoms with Crippen LogP contribution in [0.4, 0.5) is 0 Å². The Labute approximate surface area is 87.0 Å². The SMILES string of the molecule is [O-]c1ccc2cc3cccc[n+]3cc2c1. The molecule has 0 atom stereocenters. The van der Waals surface area contributed by atoms with Gasteiger partial charge in [0.25, 0.3) is 0 Å². The molecular formula is C13H9NO. The molecular weight excluding hydrogens is 186 g/mol. The number of aromatic nitrogens is 1. The van der Waals surface area contributed by atoms with E-state index in [1.54, 1.807) is 12.1 Å². The van der Waals surface area contributed by atoms with Crippen LogP contribution < -0.4 is 9.51 Å². The molecule has 1 aromatic carbocycles. The lowest BCUT2D eigenvalue weighted by Gasteiger charge is -2.04. The van der Waals surface area contributed by atoms with E-state index in [0.717, 1.165) is 16.3 Å². The normalized spacial score (nSPS) is 10.9. The lowest BCUT2D eigenvalue weighted by atomic mass is 10.1. The van der Waals surface area contributed by atoms with Crippen molar-refractivity contribution in [1.82, 2.24) is 0 Å². The molecule has 2 heterocycles. The van der Waals surface area contributed by atoms with E-state index in [1.807, 2.05) is 41.1 Å². The standard InChI is InChI=1S/C13H9NO/c15-13-5-4-10-7-12-3-1-2-6-14(12)9-11(10)8-13/h1-9H. The topological polar surface area (TPSA) is 27.2 Å². The molecule has 0 radical (unpaired) electrons. The summed E-state index contributed by atoms with van der Waals surface area (Å²) in [6.07, 6.45) is 3.96. The number of pyridine rings is 2. The van der Waals surface area contributed by atoms with E-state index in [-0.39, 0.29) is 5.75 Å². The molecule has 0 amide bonds. The van der Waals surface area contributed by atoms with E-state index >= 15 is 0 Å². The van der Waals surface area contributed by atoms with Gasteiger partial charge in [0, 0.05) is 23.6 Å². The van der Waals surface area contributed by atoms with Gasteiger partial charge in [0.2, 0.25) is 5.52 Å². The molecule has 72 valence electrons. The number of nitrogens with zero attached hydrogens (tertiary/aromatic N) is 1. The van der Waals surface area contributed by atoms with Crippen LogP contribution in [0.25, 0.3) is 16.3 Å². The average molecular weight is 195 g/mol. The molecule has 0 unspecified atom stereocenters. The van der Waals surface area contributed by atoms with Crippen molar-refractivity contribution in [2.24, 2.45) is 0 Å². The highest BCUT2D eigenvalue weighted by molar-refractivity contribution is 5.84. The van der Waals surface area contributed by atoms with Gasteiger partial charge < -0.3 is 5.11 Å². The van der Waals surface area contributed by atoms with Crippen LogP contribution in [0.5, 0.6) is 5.75 Å². The first kappa shape index (κ1) is 8.24. The molecule has 15 heavy (non-hydrogen) atoms. The highest BCUT2D eigenvalue weighted by Crippen LogP contribution is 2.17. The Balaban J connectivity index is 2.47. The average Bonchev–Trinajstić information content (AvgIpc) is 2.26. The van der Waals surface area contributed by atoms with Crippen molar-refractivity contribution in [3.63, 3.8) is 0 Å². The van der Waals surface area contributed by atoms with Gasteiger partial charge in [-0.25, -0.2) is 0 Å². The quantitative estimate of drug-likeness (QED) is 0.396. The van der Waals surface area contributed by atoms with Crippen LogP contribution in [0.3, 0.4) is 0 Å². The van der Waals surface area contributed by atoms with Gasteiger partial charge in [-0.3, -0.25) is 0 Å². The number of benzene rings is 1. The minimum Gasteiger partial charge on any atom is -0.872 e. The Morgan fingerprint density at radius 2 is 1.87 bits per heavy atom. The summed E-state index contributed by atoms with van der Waals surface area (Å²) < 4.78 is 2.02. The predicted molar refractivity (Wildman–Crippen MR) is 56.6 cm³/mol. The Bertz CT molecular complexity index is 646. The maximum Gasteiger partial charge on any atom is 0.211 e. The van der Waals surface area contributed by atoms with Gasteiger partial charge >= 0.3 is 0 Å². The van der Waals surface area contributed by atoms with Crippen LogP contribution >= 0.6 is 0 Å². The van der Waals surface area contributed by atoms with Crippen molar-refractivity contribution >= 4 is 16.3 Å². The van der Waals surface area contributed by atoms with Gasteiger partial charge in [-0.05, 0) is 11.5 Å². The van der Waals surface area contributed by atoms with E-state index in [9.17, 15) is 5.11 Å². The first-order valence-electron chi connectivity index (χ1n) is 4.84. The molecule has 2 heteroatoms. The Hall–Kier alpha value is -2.09. The molecule has 0 spiro atoms. The third kappa shape index (κ3) is 1.31. The van der Waals surface area contributed by atoms with E-state index in [2.05, 4.69) is 6.07 Å². The smallest absolute Gasteiger partial charge is 0.211 e. The number of fused-ring (bicyclic) bond motifs is 2. The van der Waals surface area contributed by atoms with Crippen LogP contribution in [-0.4, -0.2) is 0 Å². The fourth-order valence-electron chi connectivity index (χ4n) is 1.81. The molecule has 0 aliphatic carbocycles. The fraction of sp³-hybridized carbons (Fsp3) is 0. The summed E-state index contributed by atoms with van der Waals surface area (Å²) in [5, 5.41) is 13.3. The summed E-state index contributed by atoms with van der Waals surface area (Å²) in [6.45, 7) is 0. The molecule has 0 fully saturated rings. The minimum atomic E-state index is 0.0541. The molecule has 2 aromatic heterocycles. The van der Waals surface area contributed by atoms with E-state index in [1.165, 1.54) is 0 Å². The van der Waals surface area contributed by atoms with Crippen molar-refractivity contribution in [2.45, 2.75) is 0 Å². The molecule has 0 saturated carbocycles. The van der Waals surface area contributed by atoms with Crippen LogP contribution in [0.2, 0.25) is 0 Å². The van der Waals surface area contributed by atoms with Gasteiger partial charge in [-0.15, -0.1) is 5.75 Å². The third-order valence-electron chi connectivity index (χ3n) is 2.56. The van der Waals surface area contributed by atoms with Gasteiger partial charge in [-0.1, -0.05) is 18.2 Å². The summed E-state index contributed by atoms with van der Waals surface area (Å²) in [4.78, 5) is 0. The number of hydrogen-bond acceptors (Lipinski definition) is 1. The monoisotopic (exact) mass is 195 g/mol. The summed E-state index contributed by atoms with van der Waals surface area (Å²) in [6, 6.07) is 13.2. The lowest BCUT2D eigenvalue weighted by molar-refractivity contribution is -0.510. The molecule has 2 nitrogen and oxygen atoms in total. The number of rotatable bonds is 0. The van der Waals surface area contributed by atoms with Gasteiger partial charge in [-0.2, -0.15) is 4.40 Å². The second-order valence-corrected chi connectivity index (χ2v) is 3.60. The Morgan fingerprint density at radius 1 is 0.933 bits per heavy atom. The molecule has 0 aliphatic rings. The Morgan fingerprint density at radius 3 is 2.80 bits per heavy atom. The number of hydrogen-bond donors (Lipinski definition) is 0. The summed E-state index contributed by atoms with van der Waals surface area (Å²) in [7, 11) is 0. The fourth-order valence-corrected chi connectivity index (χ4v) is 1.81. The summed E-state index contributed by atoms with van der Waals surface area (Å²) in [5.74, 6) is 0.0541. The highest BCUT2D eigenvalue weighted by Gasteiger charge is 2.02.